The summed E-state index contributed by atoms with van der Waals surface area (Å²) in [7, 11) is 0. The fraction of sp³-hybridized carbons (Fsp3) is 0.316. The number of allylic oxidation sites excluding steroid dienone is 1. The van der Waals surface area contributed by atoms with E-state index in [-0.39, 0.29) is 23.9 Å². The summed E-state index contributed by atoms with van der Waals surface area (Å²) >= 11 is 6.06. The second-order valence-corrected chi connectivity index (χ2v) is 7.93. The van der Waals surface area contributed by atoms with E-state index in [0.29, 0.717) is 21.7 Å². The van der Waals surface area contributed by atoms with E-state index < -0.39 is 18.0 Å². The second kappa shape index (κ2) is 6.35. The maximum Gasteiger partial charge on any atom is 0.389 e. The molecule has 1 aromatic carbocycles. The van der Waals surface area contributed by atoms with Crippen LogP contribution in [0.2, 0.25) is 5.02 Å². The van der Waals surface area contributed by atoms with Gasteiger partial charge in [0.15, 0.2) is 0 Å². The van der Waals surface area contributed by atoms with Crippen LogP contribution in [0.15, 0.2) is 30.5 Å². The number of fused-ring (bicyclic) bond motifs is 2. The molecule has 0 saturated heterocycles. The molecule has 0 aliphatic carbocycles. The number of anilines is 2. The molecule has 1 aliphatic heterocycles. The molecule has 0 bridgehead atoms. The molecule has 3 aromatic rings. The highest BCUT2D eigenvalue weighted by Gasteiger charge is 2.38. The molecule has 6 nitrogen and oxygen atoms in total. The number of nitrogens with two attached hydrogens (primary N) is 1. The molecular formula is C19H18ClF3N6. The van der Waals surface area contributed by atoms with Crippen LogP contribution in [0.25, 0.3) is 16.9 Å². The smallest absolute Gasteiger partial charge is 0.383 e. The molecule has 3 heterocycles. The largest absolute Gasteiger partial charge is 0.389 e. The number of rotatable bonds is 3. The summed E-state index contributed by atoms with van der Waals surface area (Å²) in [4.78, 5) is 8.88. The van der Waals surface area contributed by atoms with E-state index in [2.05, 4.69) is 27.0 Å². The van der Waals surface area contributed by atoms with Gasteiger partial charge in [0.05, 0.1) is 11.2 Å². The Morgan fingerprint density at radius 3 is 2.69 bits per heavy atom. The number of nitrogen functional groups attached to an aromatic ring is 1. The predicted molar refractivity (Wildman–Crippen MR) is 106 cm³/mol. The summed E-state index contributed by atoms with van der Waals surface area (Å²) in [6, 6.07) is 4.90. The zero-order valence-corrected chi connectivity index (χ0v) is 16.5. The molecule has 29 heavy (non-hydrogen) atoms. The van der Waals surface area contributed by atoms with Crippen LogP contribution in [-0.4, -0.2) is 25.9 Å². The van der Waals surface area contributed by atoms with Gasteiger partial charge < -0.3 is 11.1 Å². The van der Waals surface area contributed by atoms with E-state index in [4.69, 9.17) is 17.3 Å². The molecule has 0 radical (unpaired) electrons. The topological polar surface area (TPSA) is 81.7 Å². The quantitative estimate of drug-likeness (QED) is 0.635. The maximum absolute atomic E-state index is 12.7. The third-order valence-corrected chi connectivity index (χ3v) is 5.36. The van der Waals surface area contributed by atoms with Crippen LogP contribution in [0.1, 0.15) is 31.5 Å². The van der Waals surface area contributed by atoms with Crippen molar-refractivity contribution in [3.8, 4) is 5.95 Å². The highest BCUT2D eigenvalue weighted by atomic mass is 35.5. The summed E-state index contributed by atoms with van der Waals surface area (Å²) in [5.41, 5.74) is 8.01. The minimum atomic E-state index is -4.29. The Kier molecular flexibility index (Phi) is 4.27. The lowest BCUT2D eigenvalue weighted by atomic mass is 9.85. The molecule has 0 spiro atoms. The van der Waals surface area contributed by atoms with Crippen molar-refractivity contribution in [2.24, 2.45) is 0 Å². The number of aryl methyl sites for hydroxylation is 1. The monoisotopic (exact) mass is 422 g/mol. The minimum absolute atomic E-state index is 0.157. The zero-order chi connectivity index (χ0) is 21.1. The van der Waals surface area contributed by atoms with Crippen LogP contribution in [0.3, 0.4) is 0 Å². The Hall–Kier alpha value is -2.81. The van der Waals surface area contributed by atoms with Gasteiger partial charge in [-0.2, -0.15) is 32.9 Å². The summed E-state index contributed by atoms with van der Waals surface area (Å²) in [6.45, 7) is 7.90. The van der Waals surface area contributed by atoms with Gasteiger partial charge in [-0.25, -0.2) is 0 Å². The molecule has 0 fully saturated rings. The number of halogens is 4. The van der Waals surface area contributed by atoms with E-state index in [9.17, 15) is 13.2 Å². The van der Waals surface area contributed by atoms with Crippen molar-refractivity contribution in [1.82, 2.24) is 19.7 Å². The lowest BCUT2D eigenvalue weighted by Gasteiger charge is -2.19. The first-order valence-corrected chi connectivity index (χ1v) is 9.24. The van der Waals surface area contributed by atoms with Crippen LogP contribution < -0.4 is 11.1 Å². The van der Waals surface area contributed by atoms with E-state index in [1.165, 1.54) is 4.68 Å². The lowest BCUT2D eigenvalue weighted by molar-refractivity contribution is -0.134. The fourth-order valence-corrected chi connectivity index (χ4v) is 3.64. The SMILES string of the molecule is C=C1Nc2nc(-n3nc(CCC(F)(F)F)c4cc(Cl)ccc43)nc(N)c2C1(C)C. The van der Waals surface area contributed by atoms with Crippen molar-refractivity contribution in [2.75, 3.05) is 11.1 Å². The highest BCUT2D eigenvalue weighted by molar-refractivity contribution is 6.31. The standard InChI is InChI=1S/C19H18ClF3N6/c1-9-18(2,3)14-15(24)26-17(27-16(14)25-9)29-13-5-4-10(20)8-11(13)12(28-29)6-7-19(21,22)23/h4-5,8H,1,6-7H2,2-3H3,(H3,24,25,26,27). The van der Waals surface area contributed by atoms with E-state index in [1.54, 1.807) is 18.2 Å². The zero-order valence-electron chi connectivity index (χ0n) is 15.7. The number of benzene rings is 1. The van der Waals surface area contributed by atoms with Gasteiger partial charge in [0.25, 0.3) is 5.95 Å². The average Bonchev–Trinajstić information content (AvgIpc) is 3.07. The van der Waals surface area contributed by atoms with Crippen LogP contribution in [0.4, 0.5) is 24.8 Å². The molecule has 0 saturated carbocycles. The first-order chi connectivity index (χ1) is 13.5. The summed E-state index contributed by atoms with van der Waals surface area (Å²) in [6.07, 6.45) is -5.57. The molecule has 2 aromatic heterocycles. The van der Waals surface area contributed by atoms with Crippen molar-refractivity contribution in [1.29, 1.82) is 0 Å². The van der Waals surface area contributed by atoms with Gasteiger partial charge in [0.2, 0.25) is 0 Å². The third-order valence-electron chi connectivity index (χ3n) is 5.13. The van der Waals surface area contributed by atoms with Crippen molar-refractivity contribution in [3.63, 3.8) is 0 Å². The Morgan fingerprint density at radius 2 is 2.00 bits per heavy atom. The van der Waals surface area contributed by atoms with Crippen LogP contribution in [0, 0.1) is 0 Å². The molecular weight excluding hydrogens is 405 g/mol. The third kappa shape index (κ3) is 3.29. The first-order valence-electron chi connectivity index (χ1n) is 8.86. The second-order valence-electron chi connectivity index (χ2n) is 7.50. The van der Waals surface area contributed by atoms with Gasteiger partial charge in [0.1, 0.15) is 11.6 Å². The van der Waals surface area contributed by atoms with Crippen molar-refractivity contribution < 1.29 is 13.2 Å². The maximum atomic E-state index is 12.7. The number of alkyl halides is 3. The van der Waals surface area contributed by atoms with Gasteiger partial charge in [-0.3, -0.25) is 0 Å². The van der Waals surface area contributed by atoms with Gasteiger partial charge >= 0.3 is 6.18 Å². The lowest BCUT2D eigenvalue weighted by Crippen LogP contribution is -2.18. The Morgan fingerprint density at radius 1 is 1.28 bits per heavy atom. The van der Waals surface area contributed by atoms with E-state index in [1.807, 2.05) is 13.8 Å². The Labute approximate surface area is 169 Å². The molecule has 152 valence electrons. The fourth-order valence-electron chi connectivity index (χ4n) is 3.47. The Bertz CT molecular complexity index is 1150. The van der Waals surface area contributed by atoms with Crippen LogP contribution in [-0.2, 0) is 11.8 Å². The van der Waals surface area contributed by atoms with Crippen LogP contribution >= 0.6 is 11.6 Å². The van der Waals surface area contributed by atoms with Crippen LogP contribution in [0.5, 0.6) is 0 Å². The summed E-state index contributed by atoms with van der Waals surface area (Å²) in [5, 5.41) is 8.38. The molecule has 4 rings (SSSR count). The summed E-state index contributed by atoms with van der Waals surface area (Å²) < 4.78 is 39.6. The van der Waals surface area contributed by atoms with E-state index >= 15 is 0 Å². The minimum Gasteiger partial charge on any atom is -0.383 e. The number of aromatic nitrogens is 4. The van der Waals surface area contributed by atoms with Gasteiger partial charge in [-0.15, -0.1) is 0 Å². The number of hydrogen-bond donors (Lipinski definition) is 2. The van der Waals surface area contributed by atoms with Crippen molar-refractivity contribution in [2.45, 2.75) is 38.3 Å². The first kappa shape index (κ1) is 19.5. The molecule has 3 N–H and O–H groups in total. The summed E-state index contributed by atoms with van der Waals surface area (Å²) in [5.74, 6) is 0.928. The van der Waals surface area contributed by atoms with Crippen molar-refractivity contribution >= 4 is 34.1 Å². The molecule has 1 aliphatic rings. The highest BCUT2D eigenvalue weighted by Crippen LogP contribution is 2.44. The normalized spacial score (nSPS) is 15.6. The molecule has 0 unspecified atom stereocenters. The average molecular weight is 423 g/mol. The molecule has 10 heteroatoms. The molecule has 0 amide bonds. The van der Waals surface area contributed by atoms with Gasteiger partial charge in [0, 0.05) is 39.9 Å². The number of nitrogens with zero attached hydrogens (tertiary/aromatic N) is 4. The van der Waals surface area contributed by atoms with Gasteiger partial charge in [-0.05, 0) is 32.0 Å². The van der Waals surface area contributed by atoms with Gasteiger partial charge in [-0.1, -0.05) is 18.2 Å². The van der Waals surface area contributed by atoms with E-state index in [0.717, 1.165) is 11.3 Å². The van der Waals surface area contributed by atoms with Crippen molar-refractivity contribution in [3.05, 3.63) is 46.8 Å². The number of hydrogen-bond acceptors (Lipinski definition) is 5. The predicted octanol–water partition coefficient (Wildman–Crippen LogP) is 4.76. The Balaban J connectivity index is 1.86. The molecule has 0 atom stereocenters. The number of nitrogens with one attached hydrogen (secondary N) is 1.